The molecule has 0 aliphatic heterocycles. The van der Waals surface area contributed by atoms with Crippen LogP contribution >= 0.6 is 11.3 Å². The van der Waals surface area contributed by atoms with Crippen molar-refractivity contribution in [2.45, 2.75) is 6.92 Å². The molecule has 0 bridgehead atoms. The Bertz CT molecular complexity index is 201. The molecular weight excluding hydrogens is 132 g/mol. The van der Waals surface area contributed by atoms with Gasteiger partial charge in [0.2, 0.25) is 0 Å². The van der Waals surface area contributed by atoms with Crippen LogP contribution in [0.3, 0.4) is 0 Å². The average molecular weight is 140 g/mol. The summed E-state index contributed by atoms with van der Waals surface area (Å²) in [5.41, 5.74) is 1.00. The van der Waals surface area contributed by atoms with E-state index in [9.17, 15) is 0 Å². The molecule has 2 nitrogen and oxygen atoms in total. The fourth-order valence-corrected chi connectivity index (χ4v) is 1.13. The van der Waals surface area contributed by atoms with Gasteiger partial charge in [-0.2, -0.15) is 0 Å². The van der Waals surface area contributed by atoms with E-state index in [1.54, 1.807) is 24.6 Å². The van der Waals surface area contributed by atoms with Crippen molar-refractivity contribution in [3.63, 3.8) is 0 Å². The van der Waals surface area contributed by atoms with Crippen LogP contribution in [0.2, 0.25) is 0 Å². The Balaban J connectivity index is 2.90. The van der Waals surface area contributed by atoms with Gasteiger partial charge in [0.1, 0.15) is 5.01 Å². The molecule has 0 aliphatic rings. The molecule has 0 radical (unpaired) electrons. The van der Waals surface area contributed by atoms with E-state index in [1.807, 2.05) is 12.3 Å². The lowest BCUT2D eigenvalue weighted by Gasteiger charge is -1.87. The molecule has 1 aromatic rings. The van der Waals surface area contributed by atoms with Gasteiger partial charge in [0, 0.05) is 18.6 Å². The van der Waals surface area contributed by atoms with Crippen LogP contribution in [0.15, 0.2) is 16.6 Å². The minimum Gasteiger partial charge on any atom is -0.290 e. The van der Waals surface area contributed by atoms with Gasteiger partial charge in [0.15, 0.2) is 0 Å². The summed E-state index contributed by atoms with van der Waals surface area (Å²) in [4.78, 5) is 8.07. The van der Waals surface area contributed by atoms with Crippen LogP contribution in [-0.2, 0) is 0 Å². The summed E-state index contributed by atoms with van der Waals surface area (Å²) in [6.45, 7) is 1.96. The number of hydrogen-bond acceptors (Lipinski definition) is 3. The van der Waals surface area contributed by atoms with Crippen LogP contribution in [-0.4, -0.2) is 17.7 Å². The van der Waals surface area contributed by atoms with Crippen molar-refractivity contribution in [3.05, 3.63) is 16.6 Å². The fourth-order valence-electron chi connectivity index (χ4n) is 0.498. The Morgan fingerprint density at radius 3 is 3.00 bits per heavy atom. The van der Waals surface area contributed by atoms with Gasteiger partial charge >= 0.3 is 0 Å². The Morgan fingerprint density at radius 1 is 1.78 bits per heavy atom. The molecule has 0 N–H and O–H groups in total. The Kier molecular flexibility index (Phi) is 1.95. The van der Waals surface area contributed by atoms with Crippen LogP contribution in [0.5, 0.6) is 0 Å². The third kappa shape index (κ3) is 1.36. The predicted octanol–water partition coefficient (Wildman–Crippen LogP) is 1.58. The van der Waals surface area contributed by atoms with Gasteiger partial charge in [-0.25, -0.2) is 4.98 Å². The van der Waals surface area contributed by atoms with Crippen molar-refractivity contribution in [1.29, 1.82) is 0 Å². The molecule has 3 heteroatoms. The number of rotatable bonds is 1. The van der Waals surface area contributed by atoms with Crippen molar-refractivity contribution in [1.82, 2.24) is 4.98 Å². The molecule has 0 atom stereocenters. The van der Waals surface area contributed by atoms with Crippen LogP contribution in [0.25, 0.3) is 0 Å². The van der Waals surface area contributed by atoms with Crippen molar-refractivity contribution >= 4 is 17.0 Å². The van der Waals surface area contributed by atoms with Gasteiger partial charge in [-0.3, -0.25) is 4.99 Å². The highest BCUT2D eigenvalue weighted by molar-refractivity contribution is 7.11. The van der Waals surface area contributed by atoms with Gasteiger partial charge in [-0.1, -0.05) is 0 Å². The lowest BCUT2D eigenvalue weighted by molar-refractivity contribution is 1.34. The van der Waals surface area contributed by atoms with Crippen LogP contribution in [0.4, 0.5) is 0 Å². The second-order valence-electron chi connectivity index (χ2n) is 1.65. The Hall–Kier alpha value is -0.700. The molecule has 48 valence electrons. The number of hydrogen-bond donors (Lipinski definition) is 0. The molecule has 9 heavy (non-hydrogen) atoms. The largest absolute Gasteiger partial charge is 0.290 e. The van der Waals surface area contributed by atoms with Gasteiger partial charge < -0.3 is 0 Å². The maximum Gasteiger partial charge on any atom is 0.136 e. The van der Waals surface area contributed by atoms with Crippen LogP contribution in [0.1, 0.15) is 11.9 Å². The minimum atomic E-state index is 1.00. The molecular formula is C6H8N2S. The third-order valence-electron chi connectivity index (χ3n) is 1.08. The van der Waals surface area contributed by atoms with E-state index in [2.05, 4.69) is 9.98 Å². The monoisotopic (exact) mass is 140 g/mol. The fraction of sp³-hybridized carbons (Fsp3) is 0.333. The molecule has 0 saturated heterocycles. The van der Waals surface area contributed by atoms with E-state index in [0.717, 1.165) is 10.7 Å². The SMILES string of the molecule is CN=C(C)c1nccs1. The van der Waals surface area contributed by atoms with Crippen LogP contribution in [0, 0.1) is 0 Å². The summed E-state index contributed by atoms with van der Waals surface area (Å²) in [6.07, 6.45) is 1.79. The van der Waals surface area contributed by atoms with Gasteiger partial charge in [-0.05, 0) is 6.92 Å². The van der Waals surface area contributed by atoms with E-state index in [0.29, 0.717) is 0 Å². The summed E-state index contributed by atoms with van der Waals surface area (Å²) in [5, 5.41) is 2.96. The summed E-state index contributed by atoms with van der Waals surface area (Å²) < 4.78 is 0. The molecule has 1 aromatic heterocycles. The van der Waals surface area contributed by atoms with Gasteiger partial charge in [0.25, 0.3) is 0 Å². The molecule has 0 saturated carbocycles. The summed E-state index contributed by atoms with van der Waals surface area (Å²) in [7, 11) is 1.77. The number of thiazole rings is 1. The van der Waals surface area contributed by atoms with E-state index in [4.69, 9.17) is 0 Å². The second kappa shape index (κ2) is 2.73. The Labute approximate surface area is 58.3 Å². The number of nitrogens with zero attached hydrogens (tertiary/aromatic N) is 2. The molecule has 0 amide bonds. The average Bonchev–Trinajstić information content (AvgIpc) is 2.37. The number of aliphatic imine (C=N–C) groups is 1. The van der Waals surface area contributed by atoms with Crippen molar-refractivity contribution in [2.75, 3.05) is 7.05 Å². The molecule has 1 rings (SSSR count). The summed E-state index contributed by atoms with van der Waals surface area (Å²) in [6, 6.07) is 0. The van der Waals surface area contributed by atoms with Crippen LogP contribution < -0.4 is 0 Å². The zero-order valence-corrected chi connectivity index (χ0v) is 6.27. The normalized spacial score (nSPS) is 12.0. The zero-order valence-electron chi connectivity index (χ0n) is 5.46. The molecule has 0 aliphatic carbocycles. The molecule has 0 aromatic carbocycles. The first-order valence-electron chi connectivity index (χ1n) is 2.68. The van der Waals surface area contributed by atoms with Gasteiger partial charge in [-0.15, -0.1) is 11.3 Å². The second-order valence-corrected chi connectivity index (χ2v) is 2.54. The first-order chi connectivity index (χ1) is 4.34. The van der Waals surface area contributed by atoms with Crippen molar-refractivity contribution < 1.29 is 0 Å². The summed E-state index contributed by atoms with van der Waals surface area (Å²) >= 11 is 1.61. The smallest absolute Gasteiger partial charge is 0.136 e. The highest BCUT2D eigenvalue weighted by Gasteiger charge is 1.95. The standard InChI is InChI=1S/C6H8N2S/c1-5(7-2)6-8-3-4-9-6/h3-4H,1-2H3. The molecule has 0 spiro atoms. The van der Waals surface area contributed by atoms with Crippen molar-refractivity contribution in [3.8, 4) is 0 Å². The minimum absolute atomic E-state index is 1.00. The third-order valence-corrected chi connectivity index (χ3v) is 1.96. The lowest BCUT2D eigenvalue weighted by atomic mass is 10.4. The molecule has 0 unspecified atom stereocenters. The van der Waals surface area contributed by atoms with E-state index < -0.39 is 0 Å². The van der Waals surface area contributed by atoms with E-state index in [-0.39, 0.29) is 0 Å². The van der Waals surface area contributed by atoms with E-state index in [1.165, 1.54) is 0 Å². The zero-order chi connectivity index (χ0) is 6.69. The highest BCUT2D eigenvalue weighted by Crippen LogP contribution is 2.04. The van der Waals surface area contributed by atoms with E-state index >= 15 is 0 Å². The molecule has 1 heterocycles. The first-order valence-corrected chi connectivity index (χ1v) is 3.56. The topological polar surface area (TPSA) is 25.2 Å². The highest BCUT2D eigenvalue weighted by atomic mass is 32.1. The maximum atomic E-state index is 4.07. The number of aromatic nitrogens is 1. The predicted molar refractivity (Wildman–Crippen MR) is 40.2 cm³/mol. The summed E-state index contributed by atoms with van der Waals surface area (Å²) in [5.74, 6) is 0. The quantitative estimate of drug-likeness (QED) is 0.544. The first kappa shape index (κ1) is 6.42. The molecule has 0 fully saturated rings. The lowest BCUT2D eigenvalue weighted by Crippen LogP contribution is -1.90. The maximum absolute atomic E-state index is 4.07. The van der Waals surface area contributed by atoms with Gasteiger partial charge in [0.05, 0.1) is 5.71 Å². The van der Waals surface area contributed by atoms with Crippen molar-refractivity contribution in [2.24, 2.45) is 4.99 Å². The Morgan fingerprint density at radius 2 is 2.56 bits per heavy atom.